The molecule has 0 bridgehead atoms. The van der Waals surface area contributed by atoms with E-state index in [-0.39, 0.29) is 101 Å². The maximum Gasteiger partial charge on any atom is 2.00 e. The Morgan fingerprint density at radius 1 is 0.156 bits per heavy atom. The summed E-state index contributed by atoms with van der Waals surface area (Å²) in [5.74, 6) is 0. The zero-order valence-electron chi connectivity index (χ0n) is 13.9. The Labute approximate surface area is 235 Å². The molecule has 0 saturated heterocycles. The molecule has 0 radical (unpaired) electrons. The predicted octanol–water partition coefficient (Wildman–Crippen LogP) is -0.935. The molecule has 0 N–H and O–H groups in total. The molecule has 0 amide bonds. The van der Waals surface area contributed by atoms with Crippen molar-refractivity contribution in [2.75, 3.05) is 0 Å². The molecule has 0 spiro atoms. The average Bonchev–Trinajstić information content (AvgIpc) is 2.84. The first-order valence-electron chi connectivity index (χ1n) is 2.45. The Morgan fingerprint density at radius 2 is 0.156 bits per heavy atom. The van der Waals surface area contributed by atoms with Crippen molar-refractivity contribution >= 4 is 0 Å². The predicted molar refractivity (Wildman–Crippen MR) is 49.9 cm³/mol. The van der Waals surface area contributed by atoms with Crippen LogP contribution in [0.25, 0.3) is 0 Å². The molecule has 32 heavy (non-hydrogen) atoms. The topological polar surface area (TPSA) is 353 Å². The van der Waals surface area contributed by atoms with Crippen LogP contribution in [0.5, 0.6) is 0 Å². The van der Waals surface area contributed by atoms with Crippen molar-refractivity contribution in [3.05, 3.63) is 79.8 Å². The van der Waals surface area contributed by atoms with Crippen molar-refractivity contribution in [2.24, 2.45) is 0 Å². The third kappa shape index (κ3) is 43300. The number of hydrogen-bond acceptors (Lipinski definition) is 0. The normalized spacial score (nSPS) is 0.750. The van der Waals surface area contributed by atoms with Gasteiger partial charge >= 0.3 is 215 Å². The molecule has 0 aromatic rings. The van der Waals surface area contributed by atoms with Crippen molar-refractivity contribution in [1.82, 2.24) is 0 Å². The first kappa shape index (κ1) is 226. The van der Waals surface area contributed by atoms with E-state index >= 15 is 0 Å². The monoisotopic (exact) mass is 1170 g/mol. The van der Waals surface area contributed by atoms with E-state index in [2.05, 4.69) is 79.8 Å². The molecule has 0 aliphatic heterocycles. The Bertz CT molecular complexity index is 231. The summed E-state index contributed by atoms with van der Waals surface area (Å²) in [5, 5.41) is 0. The smallest absolute Gasteiger partial charge is 2.00 e. The van der Waals surface area contributed by atoms with Crippen LogP contribution in [0.15, 0.2) is 0 Å². The second kappa shape index (κ2) is 48000. The largest absolute Gasteiger partial charge is 2.00 e. The molecule has 0 aliphatic rings. The van der Waals surface area contributed by atoms with E-state index in [1.807, 2.05) is 0 Å². The third-order valence-corrected chi connectivity index (χ3v) is 0. The van der Waals surface area contributed by atoms with Crippen LogP contribution in [0, 0.1) is 79.8 Å². The van der Waals surface area contributed by atoms with Crippen molar-refractivity contribution in [3.63, 3.8) is 0 Å². The molecule has 16 nitrogen and oxygen atoms in total. The van der Waals surface area contributed by atoms with Gasteiger partial charge in [0.05, 0.1) is 0 Å². The second-order valence-corrected chi connectivity index (χ2v) is 0. The van der Waals surface area contributed by atoms with E-state index in [4.69, 9.17) is 55.8 Å². The third-order valence-electron chi connectivity index (χ3n) is 0. The van der Waals surface area contributed by atoms with Gasteiger partial charge in [0, 0.05) is 0 Å². The van der Waals surface area contributed by atoms with Crippen molar-refractivity contribution in [2.45, 2.75) is 0 Å². The molecular weight excluding hydrogens is 1160 g/mol. The van der Waals surface area contributed by atoms with Crippen LogP contribution in [-0.2, 0) is 157 Å². The first-order valence-corrected chi connectivity index (χ1v) is 2.45. The standard InChI is InChI=1S/12CO.4O.4Os/c12*1-2;;;;;;;;/q;;;;;;;;;;;;4*-2;4*+2. The van der Waals surface area contributed by atoms with Gasteiger partial charge in [0.25, 0.3) is 0 Å². The molecule has 0 aliphatic carbocycles. The summed E-state index contributed by atoms with van der Waals surface area (Å²) in [6.45, 7) is 54.0. The van der Waals surface area contributed by atoms with Gasteiger partial charge in [-0.3, -0.25) is 0 Å². The summed E-state index contributed by atoms with van der Waals surface area (Å²) in [4.78, 5) is 0. The summed E-state index contributed by atoms with van der Waals surface area (Å²) in [6, 6.07) is 0. The summed E-state index contributed by atoms with van der Waals surface area (Å²) >= 11 is 0. The van der Waals surface area contributed by atoms with Crippen molar-refractivity contribution < 1.29 is 157 Å². The minimum absolute atomic E-state index is 0. The fourth-order valence-electron chi connectivity index (χ4n) is 0. The molecule has 0 fully saturated rings. The van der Waals surface area contributed by atoms with E-state index in [1.165, 1.54) is 0 Å². The van der Waals surface area contributed by atoms with E-state index in [9.17, 15) is 0 Å². The van der Waals surface area contributed by atoms with Gasteiger partial charge in [-0.1, -0.05) is 0 Å². The van der Waals surface area contributed by atoms with Crippen molar-refractivity contribution in [1.29, 1.82) is 0 Å². The fourth-order valence-corrected chi connectivity index (χ4v) is 0. The minimum atomic E-state index is 0. The van der Waals surface area contributed by atoms with Crippen LogP contribution in [0.1, 0.15) is 0 Å². The van der Waals surface area contributed by atoms with Gasteiger partial charge in [-0.25, -0.2) is 0 Å². The Balaban J connectivity index is -0.00000000267. The first-order chi connectivity index (χ1) is 12.0. The Hall–Kier alpha value is -0.735. The summed E-state index contributed by atoms with van der Waals surface area (Å²) in [7, 11) is 0. The Kier molecular flexibility index (Phi) is 339000. The van der Waals surface area contributed by atoms with E-state index in [0.29, 0.717) is 0 Å². The van der Waals surface area contributed by atoms with E-state index in [0.717, 1.165) is 0 Å². The van der Waals surface area contributed by atoms with Gasteiger partial charge in [-0.05, 0) is 0 Å². The van der Waals surface area contributed by atoms with Gasteiger partial charge < -0.3 is 21.9 Å². The second-order valence-electron chi connectivity index (χ2n) is 0. The quantitative estimate of drug-likeness (QED) is 0.210. The van der Waals surface area contributed by atoms with Gasteiger partial charge in [0.15, 0.2) is 0 Å². The Morgan fingerprint density at radius 3 is 0.156 bits per heavy atom. The maximum atomic E-state index is 7.50. The van der Waals surface area contributed by atoms with Crippen LogP contribution >= 0.6 is 0 Å². The molecule has 20 heteroatoms. The molecule has 0 saturated carbocycles. The molecule has 0 aromatic heterocycles. The van der Waals surface area contributed by atoms with Crippen molar-refractivity contribution in [3.8, 4) is 0 Å². The van der Waals surface area contributed by atoms with Gasteiger partial charge in [0.2, 0.25) is 0 Å². The summed E-state index contributed by atoms with van der Waals surface area (Å²) < 4.78 is 90.0. The minimum Gasteiger partial charge on any atom is -2.00 e. The molecule has 0 rings (SSSR count). The number of rotatable bonds is 0. The molecular formula is C12O16Os4. The van der Waals surface area contributed by atoms with Gasteiger partial charge in [-0.2, -0.15) is 0 Å². The van der Waals surface area contributed by atoms with E-state index in [1.54, 1.807) is 0 Å². The van der Waals surface area contributed by atoms with Gasteiger partial charge in [-0.15, -0.1) is 0 Å². The molecule has 0 unspecified atom stereocenters. The van der Waals surface area contributed by atoms with Gasteiger partial charge in [0.1, 0.15) is 0 Å². The summed E-state index contributed by atoms with van der Waals surface area (Å²) in [5.41, 5.74) is 0. The fraction of sp³-hybridized carbons (Fsp3) is 0. The van der Waals surface area contributed by atoms with E-state index < -0.39 is 0 Å². The summed E-state index contributed by atoms with van der Waals surface area (Å²) in [6.07, 6.45) is 0. The zero-order chi connectivity index (χ0) is 24.0. The van der Waals surface area contributed by atoms with Crippen LogP contribution in [0.3, 0.4) is 0 Å². The van der Waals surface area contributed by atoms with Crippen LogP contribution in [-0.4, -0.2) is 0 Å². The molecule has 0 aromatic carbocycles. The molecule has 176 valence electrons. The SMILES string of the molecule is [C-]#[O+].[C-]#[O+].[C-]#[O+].[C-]#[O+].[C-]#[O+].[C-]#[O+].[C-]#[O+].[C-]#[O+].[C-]#[O+].[C-]#[O+].[C-]#[O+].[C-]#[O+].[O-2].[O-2].[O-2].[O-2].[Os+2].[Os+2].[Os+2].[Os+2]. The average molecular weight is 1160 g/mol. The van der Waals surface area contributed by atoms with Crippen LogP contribution in [0.4, 0.5) is 0 Å². The van der Waals surface area contributed by atoms with Crippen LogP contribution in [0.2, 0.25) is 0 Å². The zero-order valence-corrected chi connectivity index (χ0v) is 24.1. The number of hydrogen-bond donors (Lipinski definition) is 0. The van der Waals surface area contributed by atoms with Crippen LogP contribution < -0.4 is 0 Å². The molecule has 0 atom stereocenters. The maximum absolute atomic E-state index is 7.50. The molecule has 0 heterocycles.